The van der Waals surface area contributed by atoms with Crippen LogP contribution >= 0.6 is 0 Å². The van der Waals surface area contributed by atoms with Crippen molar-refractivity contribution in [3.05, 3.63) is 23.8 Å². The van der Waals surface area contributed by atoms with Crippen LogP contribution in [0.25, 0.3) is 0 Å². The molecule has 0 heterocycles. The summed E-state index contributed by atoms with van der Waals surface area (Å²) in [6, 6.07) is 5.45. The van der Waals surface area contributed by atoms with Crippen molar-refractivity contribution < 1.29 is 14.2 Å². The Bertz CT molecular complexity index is 413. The van der Waals surface area contributed by atoms with Crippen molar-refractivity contribution in [3.63, 3.8) is 0 Å². The molecule has 1 rings (SSSR count). The van der Waals surface area contributed by atoms with Gasteiger partial charge < -0.3 is 19.9 Å². The second-order valence-corrected chi connectivity index (χ2v) is 6.10. The highest BCUT2D eigenvalue weighted by atomic mass is 16.5. The van der Waals surface area contributed by atoms with Crippen molar-refractivity contribution in [1.29, 1.82) is 0 Å². The molecule has 0 saturated heterocycles. The lowest BCUT2D eigenvalue weighted by Gasteiger charge is -2.20. The number of rotatable bonds is 7. The van der Waals surface area contributed by atoms with Crippen molar-refractivity contribution in [3.8, 4) is 11.5 Å². The highest BCUT2D eigenvalue weighted by Gasteiger charge is 2.14. The predicted octanol–water partition coefficient (Wildman–Crippen LogP) is 3.16. The molecule has 0 amide bonds. The molecule has 114 valence electrons. The van der Waals surface area contributed by atoms with Crippen molar-refractivity contribution in [2.45, 2.75) is 33.2 Å². The Morgan fingerprint density at radius 3 is 2.40 bits per heavy atom. The molecule has 1 atom stereocenters. The summed E-state index contributed by atoms with van der Waals surface area (Å²) in [4.78, 5) is 0. The van der Waals surface area contributed by atoms with Gasteiger partial charge >= 0.3 is 0 Å². The molecule has 1 unspecified atom stereocenters. The van der Waals surface area contributed by atoms with E-state index in [1.165, 1.54) is 0 Å². The summed E-state index contributed by atoms with van der Waals surface area (Å²) >= 11 is 0. The SMILES string of the molecule is COc1ccc(C(N)COCCC(C)(C)C)c(OC)c1. The van der Waals surface area contributed by atoms with Gasteiger partial charge in [-0.05, 0) is 24.0 Å². The van der Waals surface area contributed by atoms with Gasteiger partial charge in [0.15, 0.2) is 0 Å². The zero-order valence-corrected chi connectivity index (χ0v) is 13.2. The summed E-state index contributed by atoms with van der Waals surface area (Å²) in [5.41, 5.74) is 7.38. The van der Waals surface area contributed by atoms with E-state index in [0.29, 0.717) is 6.61 Å². The zero-order valence-electron chi connectivity index (χ0n) is 13.2. The second kappa shape index (κ2) is 7.50. The maximum Gasteiger partial charge on any atom is 0.127 e. The Balaban J connectivity index is 2.56. The van der Waals surface area contributed by atoms with Crippen LogP contribution in [0.4, 0.5) is 0 Å². The molecule has 4 nitrogen and oxygen atoms in total. The number of nitrogens with two attached hydrogens (primary N) is 1. The molecule has 0 bridgehead atoms. The predicted molar refractivity (Wildman–Crippen MR) is 81.4 cm³/mol. The van der Waals surface area contributed by atoms with Crippen LogP contribution in [-0.2, 0) is 4.74 Å². The summed E-state index contributed by atoms with van der Waals surface area (Å²) in [6.45, 7) is 7.79. The molecule has 0 fully saturated rings. The van der Waals surface area contributed by atoms with Gasteiger partial charge in [0.1, 0.15) is 11.5 Å². The average Bonchev–Trinajstić information content (AvgIpc) is 2.41. The fourth-order valence-corrected chi connectivity index (χ4v) is 1.80. The highest BCUT2D eigenvalue weighted by molar-refractivity contribution is 5.42. The monoisotopic (exact) mass is 281 g/mol. The first-order valence-corrected chi connectivity index (χ1v) is 6.92. The Labute approximate surface area is 122 Å². The number of ether oxygens (including phenoxy) is 3. The molecule has 4 heteroatoms. The highest BCUT2D eigenvalue weighted by Crippen LogP contribution is 2.28. The molecular weight excluding hydrogens is 254 g/mol. The minimum atomic E-state index is -0.198. The third-order valence-electron chi connectivity index (χ3n) is 3.13. The molecule has 0 aliphatic carbocycles. The topological polar surface area (TPSA) is 53.7 Å². The lowest BCUT2D eigenvalue weighted by Crippen LogP contribution is -2.19. The molecule has 0 spiro atoms. The molecule has 0 radical (unpaired) electrons. The van der Waals surface area contributed by atoms with E-state index in [1.54, 1.807) is 14.2 Å². The van der Waals surface area contributed by atoms with E-state index in [1.807, 2.05) is 18.2 Å². The van der Waals surface area contributed by atoms with Crippen LogP contribution in [0.15, 0.2) is 18.2 Å². The van der Waals surface area contributed by atoms with Crippen molar-refractivity contribution in [2.75, 3.05) is 27.4 Å². The summed E-state index contributed by atoms with van der Waals surface area (Å²) in [7, 11) is 3.26. The maximum atomic E-state index is 6.17. The van der Waals surface area contributed by atoms with Crippen LogP contribution in [0.3, 0.4) is 0 Å². The van der Waals surface area contributed by atoms with Crippen LogP contribution in [0, 0.1) is 5.41 Å². The van der Waals surface area contributed by atoms with Crippen molar-refractivity contribution in [1.82, 2.24) is 0 Å². The second-order valence-electron chi connectivity index (χ2n) is 6.10. The quantitative estimate of drug-likeness (QED) is 0.780. The van der Waals surface area contributed by atoms with Gasteiger partial charge in [-0.15, -0.1) is 0 Å². The van der Waals surface area contributed by atoms with E-state index in [9.17, 15) is 0 Å². The third-order valence-corrected chi connectivity index (χ3v) is 3.13. The van der Waals surface area contributed by atoms with Crippen molar-refractivity contribution in [2.24, 2.45) is 11.1 Å². The van der Waals surface area contributed by atoms with Gasteiger partial charge in [0.2, 0.25) is 0 Å². The minimum Gasteiger partial charge on any atom is -0.497 e. The molecule has 0 saturated carbocycles. The molecule has 1 aromatic carbocycles. The van der Waals surface area contributed by atoms with Gasteiger partial charge in [-0.2, -0.15) is 0 Å². The van der Waals surface area contributed by atoms with Gasteiger partial charge in [0, 0.05) is 18.2 Å². The van der Waals surface area contributed by atoms with Crippen LogP contribution in [-0.4, -0.2) is 27.4 Å². The van der Waals surface area contributed by atoms with Crippen LogP contribution in [0.5, 0.6) is 11.5 Å². The lowest BCUT2D eigenvalue weighted by atomic mass is 9.93. The van der Waals surface area contributed by atoms with Crippen LogP contribution in [0.2, 0.25) is 0 Å². The summed E-state index contributed by atoms with van der Waals surface area (Å²) in [6.07, 6.45) is 1.01. The molecular formula is C16H27NO3. The molecule has 0 aliphatic rings. The van der Waals surface area contributed by atoms with E-state index in [2.05, 4.69) is 20.8 Å². The maximum absolute atomic E-state index is 6.17. The summed E-state index contributed by atoms with van der Waals surface area (Å²) < 4.78 is 16.2. The smallest absolute Gasteiger partial charge is 0.127 e. The van der Waals surface area contributed by atoms with E-state index in [4.69, 9.17) is 19.9 Å². The van der Waals surface area contributed by atoms with Gasteiger partial charge in [-0.3, -0.25) is 0 Å². The van der Waals surface area contributed by atoms with Gasteiger partial charge in [-0.1, -0.05) is 20.8 Å². The number of methoxy groups -OCH3 is 2. The first-order valence-electron chi connectivity index (χ1n) is 6.92. The van der Waals surface area contributed by atoms with E-state index < -0.39 is 0 Å². The number of hydrogen-bond donors (Lipinski definition) is 1. The average molecular weight is 281 g/mol. The molecule has 0 aromatic heterocycles. The zero-order chi connectivity index (χ0) is 15.2. The Kier molecular flexibility index (Phi) is 6.30. The first kappa shape index (κ1) is 16.8. The fraction of sp³-hybridized carbons (Fsp3) is 0.625. The lowest BCUT2D eigenvalue weighted by molar-refractivity contribution is 0.0969. The third kappa shape index (κ3) is 5.39. The van der Waals surface area contributed by atoms with Gasteiger partial charge in [-0.25, -0.2) is 0 Å². The van der Waals surface area contributed by atoms with Gasteiger partial charge in [0.25, 0.3) is 0 Å². The summed E-state index contributed by atoms with van der Waals surface area (Å²) in [5, 5.41) is 0. The van der Waals surface area contributed by atoms with E-state index in [-0.39, 0.29) is 11.5 Å². The number of benzene rings is 1. The molecule has 0 aliphatic heterocycles. The van der Waals surface area contributed by atoms with Crippen LogP contribution in [0.1, 0.15) is 38.8 Å². The first-order chi connectivity index (χ1) is 9.37. The van der Waals surface area contributed by atoms with Crippen molar-refractivity contribution >= 4 is 0 Å². The largest absolute Gasteiger partial charge is 0.497 e. The normalized spacial score (nSPS) is 13.1. The van der Waals surface area contributed by atoms with Gasteiger partial charge in [0.05, 0.1) is 26.9 Å². The Morgan fingerprint density at radius 1 is 1.15 bits per heavy atom. The Morgan fingerprint density at radius 2 is 1.85 bits per heavy atom. The molecule has 2 N–H and O–H groups in total. The summed E-state index contributed by atoms with van der Waals surface area (Å²) in [5.74, 6) is 1.49. The van der Waals surface area contributed by atoms with E-state index in [0.717, 1.165) is 30.1 Å². The minimum absolute atomic E-state index is 0.198. The fourth-order valence-electron chi connectivity index (χ4n) is 1.80. The Hall–Kier alpha value is -1.26. The standard InChI is InChI=1S/C16H27NO3/c1-16(2,3)8-9-20-11-14(17)13-7-6-12(18-4)10-15(13)19-5/h6-7,10,14H,8-9,11,17H2,1-5H3. The van der Waals surface area contributed by atoms with E-state index >= 15 is 0 Å². The number of hydrogen-bond acceptors (Lipinski definition) is 4. The molecule has 20 heavy (non-hydrogen) atoms. The van der Waals surface area contributed by atoms with Crippen LogP contribution < -0.4 is 15.2 Å². The molecule has 1 aromatic rings.